The summed E-state index contributed by atoms with van der Waals surface area (Å²) in [5.41, 5.74) is 1.42. The van der Waals surface area contributed by atoms with Gasteiger partial charge in [0.1, 0.15) is 5.69 Å². The van der Waals surface area contributed by atoms with Crippen LogP contribution in [-0.4, -0.2) is 26.2 Å². The highest BCUT2D eigenvalue weighted by atomic mass is 79.9. The van der Waals surface area contributed by atoms with Crippen LogP contribution in [-0.2, 0) is 0 Å². The fraction of sp³-hybridized carbons (Fsp3) is 0. The number of aromatic nitrogens is 3. The highest BCUT2D eigenvalue weighted by Crippen LogP contribution is 2.26. The van der Waals surface area contributed by atoms with Crippen molar-refractivity contribution in [3.05, 3.63) is 52.6 Å². The van der Waals surface area contributed by atoms with Gasteiger partial charge in [-0.2, -0.15) is 4.98 Å². The van der Waals surface area contributed by atoms with Crippen LogP contribution in [0.5, 0.6) is 0 Å². The molecule has 7 heteroatoms. The summed E-state index contributed by atoms with van der Waals surface area (Å²) in [6.07, 6.45) is 1.64. The van der Waals surface area contributed by atoms with Crippen LogP contribution >= 0.6 is 15.9 Å². The minimum atomic E-state index is -0.981. The van der Waals surface area contributed by atoms with Gasteiger partial charge in [0, 0.05) is 16.2 Å². The number of carboxylic acids is 1. The SMILES string of the molecule is O=C(O)c1ccc(-c2nc(-c3ncccc3Br)no2)cc1. The van der Waals surface area contributed by atoms with E-state index < -0.39 is 5.97 Å². The maximum atomic E-state index is 10.8. The maximum absolute atomic E-state index is 10.8. The van der Waals surface area contributed by atoms with Gasteiger partial charge in [-0.15, -0.1) is 0 Å². The van der Waals surface area contributed by atoms with Crippen molar-refractivity contribution in [2.75, 3.05) is 0 Å². The van der Waals surface area contributed by atoms with Gasteiger partial charge < -0.3 is 9.63 Å². The molecule has 0 saturated heterocycles. The Kier molecular flexibility index (Phi) is 3.49. The molecule has 0 unspecified atom stereocenters. The van der Waals surface area contributed by atoms with Crippen molar-refractivity contribution in [2.24, 2.45) is 0 Å². The standard InChI is InChI=1S/C14H8BrN3O3/c15-10-2-1-7-16-11(10)12-17-13(21-18-12)8-3-5-9(6-4-8)14(19)20/h1-7H,(H,19,20). The van der Waals surface area contributed by atoms with Gasteiger partial charge in [-0.05, 0) is 52.3 Å². The number of hydrogen-bond acceptors (Lipinski definition) is 5. The third-order valence-electron chi connectivity index (χ3n) is 2.78. The molecule has 3 aromatic rings. The smallest absolute Gasteiger partial charge is 0.335 e. The van der Waals surface area contributed by atoms with Crippen molar-refractivity contribution in [3.63, 3.8) is 0 Å². The Morgan fingerprint density at radius 3 is 2.62 bits per heavy atom. The summed E-state index contributed by atoms with van der Waals surface area (Å²) in [7, 11) is 0. The van der Waals surface area contributed by atoms with E-state index in [0.717, 1.165) is 4.47 Å². The third-order valence-corrected chi connectivity index (χ3v) is 3.42. The number of rotatable bonds is 3. The van der Waals surface area contributed by atoms with E-state index in [2.05, 4.69) is 31.1 Å². The summed E-state index contributed by atoms with van der Waals surface area (Å²) in [5.74, 6) is -0.315. The second-order valence-electron chi connectivity index (χ2n) is 4.14. The van der Waals surface area contributed by atoms with Crippen LogP contribution in [0.15, 0.2) is 51.6 Å². The van der Waals surface area contributed by atoms with E-state index in [0.29, 0.717) is 23.0 Å². The molecule has 6 nitrogen and oxygen atoms in total. The van der Waals surface area contributed by atoms with Gasteiger partial charge in [0.05, 0.1) is 5.56 Å². The van der Waals surface area contributed by atoms with Crippen molar-refractivity contribution in [3.8, 4) is 23.0 Å². The fourth-order valence-corrected chi connectivity index (χ4v) is 2.17. The first-order valence-electron chi connectivity index (χ1n) is 5.93. The van der Waals surface area contributed by atoms with E-state index in [1.54, 1.807) is 24.4 Å². The number of aromatic carboxylic acids is 1. The molecule has 0 saturated carbocycles. The first kappa shape index (κ1) is 13.4. The summed E-state index contributed by atoms with van der Waals surface area (Å²) in [6.45, 7) is 0. The van der Waals surface area contributed by atoms with Crippen LogP contribution in [0.1, 0.15) is 10.4 Å². The minimum Gasteiger partial charge on any atom is -0.478 e. The van der Waals surface area contributed by atoms with Crippen molar-refractivity contribution in [2.45, 2.75) is 0 Å². The van der Waals surface area contributed by atoms with Gasteiger partial charge in [0.2, 0.25) is 5.82 Å². The molecular formula is C14H8BrN3O3. The Hall–Kier alpha value is -2.54. The Labute approximate surface area is 127 Å². The number of nitrogens with zero attached hydrogens (tertiary/aromatic N) is 3. The molecule has 2 heterocycles. The second-order valence-corrected chi connectivity index (χ2v) is 4.99. The van der Waals surface area contributed by atoms with E-state index in [9.17, 15) is 4.79 Å². The highest BCUT2D eigenvalue weighted by molar-refractivity contribution is 9.10. The van der Waals surface area contributed by atoms with Crippen LogP contribution in [0, 0.1) is 0 Å². The summed E-state index contributed by atoms with van der Waals surface area (Å²) in [4.78, 5) is 19.3. The zero-order valence-electron chi connectivity index (χ0n) is 10.5. The molecule has 21 heavy (non-hydrogen) atoms. The average molecular weight is 346 g/mol. The Bertz CT molecular complexity index is 799. The van der Waals surface area contributed by atoms with Gasteiger partial charge in [-0.3, -0.25) is 4.98 Å². The van der Waals surface area contributed by atoms with Gasteiger partial charge in [0.15, 0.2) is 0 Å². The molecule has 0 radical (unpaired) electrons. The molecular weight excluding hydrogens is 338 g/mol. The number of carbonyl (C=O) groups is 1. The van der Waals surface area contributed by atoms with Gasteiger partial charge in [-0.1, -0.05) is 5.16 Å². The maximum Gasteiger partial charge on any atom is 0.335 e. The molecule has 0 amide bonds. The minimum absolute atomic E-state index is 0.200. The predicted octanol–water partition coefficient (Wildman–Crippen LogP) is 3.26. The lowest BCUT2D eigenvalue weighted by Gasteiger charge is -1.96. The molecule has 1 N–H and O–H groups in total. The Balaban J connectivity index is 1.95. The van der Waals surface area contributed by atoms with Crippen LogP contribution in [0.3, 0.4) is 0 Å². The summed E-state index contributed by atoms with van der Waals surface area (Å²) >= 11 is 3.37. The zero-order valence-corrected chi connectivity index (χ0v) is 12.1. The molecule has 0 aliphatic rings. The van der Waals surface area contributed by atoms with Gasteiger partial charge in [0.25, 0.3) is 5.89 Å². The average Bonchev–Trinajstić information content (AvgIpc) is 2.97. The van der Waals surface area contributed by atoms with Crippen LogP contribution < -0.4 is 0 Å². The third kappa shape index (κ3) is 2.68. The predicted molar refractivity (Wildman–Crippen MR) is 77.6 cm³/mol. The molecule has 1 aromatic carbocycles. The first-order valence-corrected chi connectivity index (χ1v) is 6.73. The lowest BCUT2D eigenvalue weighted by atomic mass is 10.1. The lowest BCUT2D eigenvalue weighted by Crippen LogP contribution is -1.94. The Morgan fingerprint density at radius 1 is 1.19 bits per heavy atom. The molecule has 3 rings (SSSR count). The van der Waals surface area contributed by atoms with Crippen molar-refractivity contribution in [1.82, 2.24) is 15.1 Å². The fourth-order valence-electron chi connectivity index (χ4n) is 1.74. The van der Waals surface area contributed by atoms with E-state index in [4.69, 9.17) is 9.63 Å². The number of hydrogen-bond donors (Lipinski definition) is 1. The van der Waals surface area contributed by atoms with Gasteiger partial charge >= 0.3 is 5.97 Å². The van der Waals surface area contributed by atoms with Crippen LogP contribution in [0.4, 0.5) is 0 Å². The van der Waals surface area contributed by atoms with E-state index in [1.165, 1.54) is 12.1 Å². The first-order chi connectivity index (χ1) is 10.1. The lowest BCUT2D eigenvalue weighted by molar-refractivity contribution is 0.0697. The number of pyridine rings is 1. The molecule has 104 valence electrons. The largest absolute Gasteiger partial charge is 0.478 e. The van der Waals surface area contributed by atoms with Crippen LogP contribution in [0.2, 0.25) is 0 Å². The molecule has 0 spiro atoms. The number of benzene rings is 1. The molecule has 0 atom stereocenters. The monoisotopic (exact) mass is 345 g/mol. The summed E-state index contributed by atoms with van der Waals surface area (Å²) in [5, 5.41) is 12.8. The Morgan fingerprint density at radius 2 is 1.95 bits per heavy atom. The molecule has 0 bridgehead atoms. The summed E-state index contributed by atoms with van der Waals surface area (Å²) < 4.78 is 5.95. The van der Waals surface area contributed by atoms with Gasteiger partial charge in [-0.25, -0.2) is 4.79 Å². The van der Waals surface area contributed by atoms with E-state index in [-0.39, 0.29) is 5.56 Å². The zero-order chi connectivity index (χ0) is 14.8. The number of carboxylic acid groups (broad SMARTS) is 1. The normalized spacial score (nSPS) is 10.5. The van der Waals surface area contributed by atoms with Crippen molar-refractivity contribution < 1.29 is 14.4 Å². The topological polar surface area (TPSA) is 89.1 Å². The molecule has 0 fully saturated rings. The quantitative estimate of drug-likeness (QED) is 0.783. The number of halogens is 1. The molecule has 2 aromatic heterocycles. The van der Waals surface area contributed by atoms with E-state index >= 15 is 0 Å². The van der Waals surface area contributed by atoms with E-state index in [1.807, 2.05) is 6.07 Å². The van der Waals surface area contributed by atoms with Crippen LogP contribution in [0.25, 0.3) is 23.0 Å². The molecule has 0 aliphatic heterocycles. The highest BCUT2D eigenvalue weighted by Gasteiger charge is 2.14. The summed E-state index contributed by atoms with van der Waals surface area (Å²) in [6, 6.07) is 9.83. The molecule has 0 aliphatic carbocycles. The second kappa shape index (κ2) is 5.45. The van der Waals surface area contributed by atoms with Crippen molar-refractivity contribution >= 4 is 21.9 Å². The van der Waals surface area contributed by atoms with Crippen molar-refractivity contribution in [1.29, 1.82) is 0 Å².